The fourth-order valence-electron chi connectivity index (χ4n) is 2.16. The van der Waals surface area contributed by atoms with E-state index in [0.717, 1.165) is 16.3 Å². The molecule has 2 heterocycles. The van der Waals surface area contributed by atoms with Crippen LogP contribution in [0, 0.1) is 25.2 Å². The van der Waals surface area contributed by atoms with Gasteiger partial charge in [0.2, 0.25) is 0 Å². The van der Waals surface area contributed by atoms with Gasteiger partial charge in [-0.2, -0.15) is 5.26 Å². The molecule has 0 aliphatic carbocycles. The van der Waals surface area contributed by atoms with E-state index in [4.69, 9.17) is 0 Å². The molecule has 2 N–H and O–H groups in total. The second-order valence-corrected chi connectivity index (χ2v) is 7.22. The first-order chi connectivity index (χ1) is 12.6. The minimum Gasteiger partial charge on any atom is -0.304 e. The summed E-state index contributed by atoms with van der Waals surface area (Å²) >= 11 is 2.70. The molecule has 0 radical (unpaired) electrons. The van der Waals surface area contributed by atoms with Gasteiger partial charge in [-0.1, -0.05) is 30.3 Å². The molecule has 0 saturated heterocycles. The lowest BCUT2D eigenvalue weighted by Gasteiger charge is -2.03. The van der Waals surface area contributed by atoms with Gasteiger partial charge in [-0.15, -0.1) is 22.7 Å². The standard InChI is InChI=1S/C18H15N5OS2/c1-11-10-25-17(21-11)14(8-19)9-20-23-16(24)15-12(2)22-18(26-15)13-6-4-3-5-7-13/h3-7,9-10,20H,1-2H3,(H,23,24)/b14-9+. The van der Waals surface area contributed by atoms with Gasteiger partial charge in [-0.05, 0) is 13.8 Å². The number of aromatic nitrogens is 2. The van der Waals surface area contributed by atoms with E-state index in [9.17, 15) is 10.1 Å². The molecule has 0 aliphatic rings. The van der Waals surface area contributed by atoms with Crippen LogP contribution in [0.2, 0.25) is 0 Å². The second-order valence-electron chi connectivity index (χ2n) is 5.36. The van der Waals surface area contributed by atoms with Crippen LogP contribution in [0.4, 0.5) is 0 Å². The first-order valence-corrected chi connectivity index (χ1v) is 9.39. The summed E-state index contributed by atoms with van der Waals surface area (Å²) < 4.78 is 0. The Morgan fingerprint density at radius 1 is 1.23 bits per heavy atom. The highest BCUT2D eigenvalue weighted by molar-refractivity contribution is 7.17. The number of benzene rings is 1. The Labute approximate surface area is 158 Å². The molecule has 6 nitrogen and oxygen atoms in total. The Hall–Kier alpha value is -3.02. The average molecular weight is 381 g/mol. The van der Waals surface area contributed by atoms with Gasteiger partial charge in [0.05, 0.1) is 5.69 Å². The van der Waals surface area contributed by atoms with Crippen LogP contribution < -0.4 is 10.9 Å². The van der Waals surface area contributed by atoms with E-state index < -0.39 is 0 Å². The van der Waals surface area contributed by atoms with E-state index in [2.05, 4.69) is 26.9 Å². The smallest absolute Gasteiger partial charge is 0.281 e. The van der Waals surface area contributed by atoms with Crippen molar-refractivity contribution < 1.29 is 4.79 Å². The van der Waals surface area contributed by atoms with Gasteiger partial charge in [0.1, 0.15) is 26.5 Å². The number of allylic oxidation sites excluding steroid dienone is 1. The van der Waals surface area contributed by atoms with E-state index in [1.165, 1.54) is 28.9 Å². The maximum Gasteiger partial charge on any atom is 0.281 e. The summed E-state index contributed by atoms with van der Waals surface area (Å²) in [6, 6.07) is 11.8. The molecule has 26 heavy (non-hydrogen) atoms. The van der Waals surface area contributed by atoms with E-state index >= 15 is 0 Å². The second kappa shape index (κ2) is 7.91. The number of thiazole rings is 2. The van der Waals surface area contributed by atoms with Gasteiger partial charge in [0, 0.05) is 22.8 Å². The van der Waals surface area contributed by atoms with E-state index in [0.29, 0.717) is 21.2 Å². The van der Waals surface area contributed by atoms with Crippen LogP contribution >= 0.6 is 22.7 Å². The molecule has 1 aromatic carbocycles. The number of nitrogens with one attached hydrogen (secondary N) is 2. The monoisotopic (exact) mass is 381 g/mol. The zero-order valence-electron chi connectivity index (χ0n) is 14.1. The number of hydrogen-bond acceptors (Lipinski definition) is 7. The number of nitriles is 1. The Balaban J connectivity index is 1.70. The number of rotatable bonds is 5. The maximum atomic E-state index is 12.4. The van der Waals surface area contributed by atoms with Crippen LogP contribution in [0.25, 0.3) is 16.1 Å². The number of aryl methyl sites for hydroxylation is 2. The topological polar surface area (TPSA) is 90.7 Å². The Morgan fingerprint density at radius 2 is 2.00 bits per heavy atom. The molecule has 8 heteroatoms. The predicted molar refractivity (Wildman–Crippen MR) is 103 cm³/mol. The van der Waals surface area contributed by atoms with Gasteiger partial charge in [-0.25, -0.2) is 9.97 Å². The van der Waals surface area contributed by atoms with Gasteiger partial charge >= 0.3 is 0 Å². The lowest BCUT2D eigenvalue weighted by molar-refractivity contribution is 0.0944. The van der Waals surface area contributed by atoms with E-state index in [-0.39, 0.29) is 5.91 Å². The van der Waals surface area contributed by atoms with Crippen molar-refractivity contribution in [2.24, 2.45) is 0 Å². The lowest BCUT2D eigenvalue weighted by atomic mass is 10.2. The highest BCUT2D eigenvalue weighted by Crippen LogP contribution is 2.27. The summed E-state index contributed by atoms with van der Waals surface area (Å²) in [7, 11) is 0. The fourth-order valence-corrected chi connectivity index (χ4v) is 3.89. The highest BCUT2D eigenvalue weighted by Gasteiger charge is 2.16. The highest BCUT2D eigenvalue weighted by atomic mass is 32.1. The Kier molecular flexibility index (Phi) is 5.41. The molecule has 3 aromatic rings. The zero-order chi connectivity index (χ0) is 18.5. The van der Waals surface area contributed by atoms with Gasteiger partial charge < -0.3 is 5.43 Å². The minimum absolute atomic E-state index is 0.300. The summed E-state index contributed by atoms with van der Waals surface area (Å²) in [6.45, 7) is 3.66. The summed E-state index contributed by atoms with van der Waals surface area (Å²) in [5.74, 6) is -0.300. The molecule has 0 fully saturated rings. The molecule has 0 atom stereocenters. The third-order valence-corrected chi connectivity index (χ3v) is 5.59. The van der Waals surface area contributed by atoms with Crippen LogP contribution in [-0.2, 0) is 0 Å². The van der Waals surface area contributed by atoms with Crippen molar-refractivity contribution in [1.82, 2.24) is 20.8 Å². The number of carbonyl (C=O) groups is 1. The van der Waals surface area contributed by atoms with Crippen LogP contribution in [-0.4, -0.2) is 15.9 Å². The quantitative estimate of drug-likeness (QED) is 0.520. The lowest BCUT2D eigenvalue weighted by Crippen LogP contribution is -2.33. The molecule has 0 aliphatic heterocycles. The van der Waals surface area contributed by atoms with Crippen LogP contribution in [0.15, 0.2) is 41.9 Å². The number of amides is 1. The van der Waals surface area contributed by atoms with Crippen molar-refractivity contribution in [1.29, 1.82) is 5.26 Å². The number of hydrogen-bond donors (Lipinski definition) is 2. The van der Waals surface area contributed by atoms with Crippen molar-refractivity contribution in [3.05, 3.63) is 63.2 Å². The van der Waals surface area contributed by atoms with Gasteiger partial charge in [0.15, 0.2) is 0 Å². The molecule has 0 bridgehead atoms. The van der Waals surface area contributed by atoms with Crippen molar-refractivity contribution in [2.75, 3.05) is 0 Å². The Morgan fingerprint density at radius 3 is 2.65 bits per heavy atom. The normalized spacial score (nSPS) is 11.0. The SMILES string of the molecule is Cc1csc(/C(C#N)=C/NNC(=O)c2sc(-c3ccccc3)nc2C)n1. The van der Waals surface area contributed by atoms with Crippen LogP contribution in [0.5, 0.6) is 0 Å². The van der Waals surface area contributed by atoms with Crippen molar-refractivity contribution >= 4 is 34.2 Å². The molecule has 0 unspecified atom stereocenters. The van der Waals surface area contributed by atoms with Crippen molar-refractivity contribution in [3.8, 4) is 16.6 Å². The maximum absolute atomic E-state index is 12.4. The number of hydrazine groups is 1. The average Bonchev–Trinajstić information content (AvgIpc) is 3.25. The Bertz CT molecular complexity index is 998. The third-order valence-electron chi connectivity index (χ3n) is 3.40. The van der Waals surface area contributed by atoms with Gasteiger partial charge in [-0.3, -0.25) is 10.2 Å². The summed E-state index contributed by atoms with van der Waals surface area (Å²) in [4.78, 5) is 21.6. The third kappa shape index (κ3) is 3.96. The fraction of sp³-hybridized carbons (Fsp3) is 0.111. The van der Waals surface area contributed by atoms with Crippen LogP contribution in [0.1, 0.15) is 26.1 Å². The molecular weight excluding hydrogens is 366 g/mol. The summed E-state index contributed by atoms with van der Waals surface area (Å²) in [6.07, 6.45) is 1.44. The number of nitrogens with zero attached hydrogens (tertiary/aromatic N) is 3. The molecule has 0 saturated carbocycles. The first-order valence-electron chi connectivity index (χ1n) is 7.70. The molecule has 1 amide bonds. The first kappa shape index (κ1) is 17.8. The largest absolute Gasteiger partial charge is 0.304 e. The zero-order valence-corrected chi connectivity index (χ0v) is 15.7. The summed E-state index contributed by atoms with van der Waals surface area (Å²) in [5.41, 5.74) is 8.09. The predicted octanol–water partition coefficient (Wildman–Crippen LogP) is 3.68. The van der Waals surface area contributed by atoms with Crippen molar-refractivity contribution in [2.45, 2.75) is 13.8 Å². The molecule has 130 valence electrons. The molecule has 2 aromatic heterocycles. The van der Waals surface area contributed by atoms with E-state index in [1.807, 2.05) is 42.6 Å². The van der Waals surface area contributed by atoms with E-state index in [1.54, 1.807) is 6.92 Å². The molecule has 3 rings (SSSR count). The van der Waals surface area contributed by atoms with Crippen molar-refractivity contribution in [3.63, 3.8) is 0 Å². The van der Waals surface area contributed by atoms with Gasteiger partial charge in [0.25, 0.3) is 5.91 Å². The molecule has 0 spiro atoms. The molecular formula is C18H15N5OS2. The minimum atomic E-state index is -0.300. The number of carbonyl (C=O) groups excluding carboxylic acids is 1. The van der Waals surface area contributed by atoms with Crippen LogP contribution in [0.3, 0.4) is 0 Å². The summed E-state index contributed by atoms with van der Waals surface area (Å²) in [5, 5.41) is 12.5.